The fraction of sp³-hybridized carbons (Fsp3) is 0.652. The second-order valence-electron chi connectivity index (χ2n) is 10.4. The first-order chi connectivity index (χ1) is 15.0. The van der Waals surface area contributed by atoms with Crippen molar-refractivity contribution in [3.8, 4) is 0 Å². The summed E-state index contributed by atoms with van der Waals surface area (Å²) in [6.45, 7) is 8.46. The lowest BCUT2D eigenvalue weighted by Gasteiger charge is -2.39. The second-order valence-corrected chi connectivity index (χ2v) is 12.3. The van der Waals surface area contributed by atoms with E-state index in [1.165, 1.54) is 28.6 Å². The summed E-state index contributed by atoms with van der Waals surface area (Å²) in [6.07, 6.45) is 3.04. The van der Waals surface area contributed by atoms with Gasteiger partial charge in [-0.15, -0.1) is 0 Å². The molecule has 4 rings (SSSR count). The minimum atomic E-state index is -3.62. The molecule has 1 aliphatic carbocycles. The zero-order chi connectivity index (χ0) is 23.1. The number of hydrogen-bond donors (Lipinski definition) is 0. The highest BCUT2D eigenvalue weighted by atomic mass is 32.2. The summed E-state index contributed by atoms with van der Waals surface area (Å²) in [5, 5.41) is 0. The fourth-order valence-electron chi connectivity index (χ4n) is 5.74. The number of hydrogen-bond acceptors (Lipinski definition) is 6. The normalized spacial score (nSPS) is 27.8. The van der Waals surface area contributed by atoms with Gasteiger partial charge in [0.1, 0.15) is 0 Å². The molecule has 1 aromatic carbocycles. The van der Waals surface area contributed by atoms with Crippen molar-refractivity contribution in [2.75, 3.05) is 39.5 Å². The molecule has 1 saturated carbocycles. The molecule has 2 heterocycles. The van der Waals surface area contributed by atoms with E-state index in [1.807, 2.05) is 4.90 Å². The highest BCUT2D eigenvalue weighted by molar-refractivity contribution is 7.89. The maximum absolute atomic E-state index is 12.8. The molecule has 0 aromatic heterocycles. The predicted octanol–water partition coefficient (Wildman–Crippen LogP) is 2.29. The van der Waals surface area contributed by atoms with E-state index in [0.717, 1.165) is 19.3 Å². The maximum Gasteiger partial charge on any atom is 0.338 e. The Morgan fingerprint density at radius 1 is 1.09 bits per heavy atom. The summed E-state index contributed by atoms with van der Waals surface area (Å²) in [5.74, 6) is -0.807. The number of likely N-dealkylation sites (tertiary alicyclic amines) is 1. The molecule has 2 aliphatic heterocycles. The van der Waals surface area contributed by atoms with Crippen LogP contribution in [-0.2, 0) is 24.3 Å². The number of ether oxygens (including phenoxy) is 2. The minimum Gasteiger partial charge on any atom is -0.452 e. The topological polar surface area (TPSA) is 93.2 Å². The average Bonchev–Trinajstić information content (AvgIpc) is 3.01. The van der Waals surface area contributed by atoms with Gasteiger partial charge in [-0.25, -0.2) is 13.2 Å². The monoisotopic (exact) mass is 464 g/mol. The van der Waals surface area contributed by atoms with Crippen LogP contribution in [0.4, 0.5) is 0 Å². The molecule has 1 aromatic rings. The van der Waals surface area contributed by atoms with Gasteiger partial charge in [0.15, 0.2) is 6.61 Å². The summed E-state index contributed by atoms with van der Waals surface area (Å²) >= 11 is 0. The average molecular weight is 465 g/mol. The lowest BCUT2D eigenvalue weighted by atomic mass is 9.65. The molecule has 2 bridgehead atoms. The highest BCUT2D eigenvalue weighted by Gasteiger charge is 2.50. The summed E-state index contributed by atoms with van der Waals surface area (Å²) in [7, 11) is -3.62. The SMILES string of the molecule is CC1(C)C[C@H]2C[C@](C)(CN2C(=O)COC(=O)c2ccc(S(=O)(=O)N3CCOCC3)cc2)C1. The molecule has 2 saturated heterocycles. The molecule has 0 spiro atoms. The smallest absolute Gasteiger partial charge is 0.338 e. The van der Waals surface area contributed by atoms with Gasteiger partial charge in [-0.1, -0.05) is 20.8 Å². The van der Waals surface area contributed by atoms with Crippen LogP contribution in [0, 0.1) is 10.8 Å². The van der Waals surface area contributed by atoms with Crippen LogP contribution < -0.4 is 0 Å². The fourth-order valence-corrected chi connectivity index (χ4v) is 7.15. The molecule has 3 aliphatic rings. The standard InChI is InChI=1S/C23H32N2O6S/c1-22(2)12-18-13-23(3,15-22)16-25(18)20(26)14-31-21(27)17-4-6-19(7-5-17)32(28,29)24-8-10-30-11-9-24/h4-7,18H,8-16H2,1-3H3/t18-,23-/m0/s1. The van der Waals surface area contributed by atoms with Crippen LogP contribution in [0.1, 0.15) is 50.4 Å². The number of sulfonamides is 1. The van der Waals surface area contributed by atoms with E-state index in [-0.39, 0.29) is 39.8 Å². The van der Waals surface area contributed by atoms with Gasteiger partial charge in [-0.05, 0) is 54.4 Å². The van der Waals surface area contributed by atoms with Crippen LogP contribution in [0.5, 0.6) is 0 Å². The highest BCUT2D eigenvalue weighted by Crippen LogP contribution is 2.52. The number of carbonyl (C=O) groups excluding carboxylic acids is 2. The van der Waals surface area contributed by atoms with Crippen molar-refractivity contribution < 1.29 is 27.5 Å². The number of carbonyl (C=O) groups is 2. The molecule has 176 valence electrons. The third-order valence-electron chi connectivity index (χ3n) is 6.76. The van der Waals surface area contributed by atoms with E-state index in [9.17, 15) is 18.0 Å². The molecule has 32 heavy (non-hydrogen) atoms. The third-order valence-corrected chi connectivity index (χ3v) is 8.67. The van der Waals surface area contributed by atoms with Crippen LogP contribution in [-0.4, -0.2) is 75.0 Å². The second kappa shape index (κ2) is 8.43. The lowest BCUT2D eigenvalue weighted by Crippen LogP contribution is -2.40. The maximum atomic E-state index is 12.8. The zero-order valence-electron chi connectivity index (χ0n) is 19.0. The van der Waals surface area contributed by atoms with Gasteiger partial charge < -0.3 is 14.4 Å². The third kappa shape index (κ3) is 4.70. The predicted molar refractivity (Wildman–Crippen MR) is 118 cm³/mol. The molecule has 2 atom stereocenters. The molecule has 8 nitrogen and oxygen atoms in total. The first kappa shape index (κ1) is 23.2. The molecule has 1 amide bonds. The Labute approximate surface area is 189 Å². The number of rotatable bonds is 5. The molecular weight excluding hydrogens is 432 g/mol. The van der Waals surface area contributed by atoms with Gasteiger partial charge >= 0.3 is 5.97 Å². The molecule has 0 unspecified atom stereocenters. The van der Waals surface area contributed by atoms with Crippen LogP contribution in [0.3, 0.4) is 0 Å². The van der Waals surface area contributed by atoms with Crippen molar-refractivity contribution in [2.45, 2.75) is 51.0 Å². The van der Waals surface area contributed by atoms with E-state index >= 15 is 0 Å². The Morgan fingerprint density at radius 2 is 1.75 bits per heavy atom. The van der Waals surface area contributed by atoms with Crippen LogP contribution in [0.25, 0.3) is 0 Å². The van der Waals surface area contributed by atoms with Crippen molar-refractivity contribution in [3.05, 3.63) is 29.8 Å². The van der Waals surface area contributed by atoms with E-state index in [4.69, 9.17) is 9.47 Å². The van der Waals surface area contributed by atoms with Gasteiger partial charge in [-0.3, -0.25) is 4.79 Å². The van der Waals surface area contributed by atoms with Crippen LogP contribution >= 0.6 is 0 Å². The molecule has 3 fully saturated rings. The van der Waals surface area contributed by atoms with Gasteiger partial charge in [0, 0.05) is 25.7 Å². The van der Waals surface area contributed by atoms with Gasteiger partial charge in [0.2, 0.25) is 10.0 Å². The van der Waals surface area contributed by atoms with Crippen molar-refractivity contribution in [1.29, 1.82) is 0 Å². The van der Waals surface area contributed by atoms with Gasteiger partial charge in [-0.2, -0.15) is 4.31 Å². The van der Waals surface area contributed by atoms with Gasteiger partial charge in [0.25, 0.3) is 5.91 Å². The first-order valence-electron chi connectivity index (χ1n) is 11.1. The quantitative estimate of drug-likeness (QED) is 0.621. The Kier molecular flexibility index (Phi) is 6.11. The molecule has 0 radical (unpaired) electrons. The van der Waals surface area contributed by atoms with Crippen molar-refractivity contribution in [1.82, 2.24) is 9.21 Å². The van der Waals surface area contributed by atoms with E-state index in [2.05, 4.69) is 20.8 Å². The Bertz CT molecular complexity index is 984. The summed E-state index contributed by atoms with van der Waals surface area (Å²) in [5.41, 5.74) is 0.535. The van der Waals surface area contributed by atoms with E-state index in [1.54, 1.807) is 0 Å². The summed E-state index contributed by atoms with van der Waals surface area (Å²) in [6, 6.07) is 5.84. The van der Waals surface area contributed by atoms with Gasteiger partial charge in [0.05, 0.1) is 23.7 Å². The zero-order valence-corrected chi connectivity index (χ0v) is 19.8. The van der Waals surface area contributed by atoms with Crippen molar-refractivity contribution >= 4 is 21.9 Å². The molecule has 0 N–H and O–H groups in total. The number of morpholine rings is 1. The van der Waals surface area contributed by atoms with Crippen LogP contribution in [0.2, 0.25) is 0 Å². The summed E-state index contributed by atoms with van der Waals surface area (Å²) in [4.78, 5) is 27.2. The largest absolute Gasteiger partial charge is 0.452 e. The van der Waals surface area contributed by atoms with E-state index < -0.39 is 16.0 Å². The number of fused-ring (bicyclic) bond motifs is 2. The van der Waals surface area contributed by atoms with Crippen LogP contribution in [0.15, 0.2) is 29.2 Å². The van der Waals surface area contributed by atoms with E-state index in [0.29, 0.717) is 32.8 Å². The Balaban J connectivity index is 1.35. The molecular formula is C23H32N2O6S. The number of nitrogens with zero attached hydrogens (tertiary/aromatic N) is 2. The Morgan fingerprint density at radius 3 is 2.41 bits per heavy atom. The number of esters is 1. The lowest BCUT2D eigenvalue weighted by molar-refractivity contribution is -0.135. The number of benzene rings is 1. The first-order valence-corrected chi connectivity index (χ1v) is 12.6. The Hall–Kier alpha value is -1.97. The minimum absolute atomic E-state index is 0.118. The van der Waals surface area contributed by atoms with Crippen molar-refractivity contribution in [2.24, 2.45) is 10.8 Å². The number of amides is 1. The molecule has 9 heteroatoms. The summed E-state index contributed by atoms with van der Waals surface area (Å²) < 4.78 is 37.2. The van der Waals surface area contributed by atoms with Crippen molar-refractivity contribution in [3.63, 3.8) is 0 Å².